The van der Waals surface area contributed by atoms with Crippen LogP contribution in [0.5, 0.6) is 6.01 Å². The Kier molecular flexibility index (Phi) is 3.60. The van der Waals surface area contributed by atoms with Crippen LogP contribution < -0.4 is 15.8 Å². The van der Waals surface area contributed by atoms with E-state index in [0.717, 1.165) is 55.8 Å². The smallest absolute Gasteiger partial charge is 0.336 e. The van der Waals surface area contributed by atoms with E-state index in [1.165, 1.54) is 0 Å². The number of aromatic nitrogens is 4. The molecular weight excluding hydrogens is 292 g/mol. The first-order valence-electron chi connectivity index (χ1n) is 8.55. The van der Waals surface area contributed by atoms with E-state index in [1.54, 1.807) is 0 Å². The molecule has 3 N–H and O–H groups in total. The maximum absolute atomic E-state index is 6.03. The number of imidazole rings is 1. The van der Waals surface area contributed by atoms with Gasteiger partial charge in [0.25, 0.3) is 0 Å². The zero-order valence-electron chi connectivity index (χ0n) is 13.7. The van der Waals surface area contributed by atoms with Gasteiger partial charge in [-0.05, 0) is 50.6 Å². The molecule has 2 aromatic heterocycles. The molecule has 1 saturated carbocycles. The van der Waals surface area contributed by atoms with Crippen molar-refractivity contribution in [3.05, 3.63) is 11.9 Å². The highest BCUT2D eigenvalue weighted by Gasteiger charge is 2.52. The van der Waals surface area contributed by atoms with Crippen molar-refractivity contribution in [2.24, 2.45) is 17.8 Å². The van der Waals surface area contributed by atoms with Crippen molar-refractivity contribution >= 4 is 11.5 Å². The van der Waals surface area contributed by atoms with Gasteiger partial charge in [-0.3, -0.25) is 0 Å². The lowest BCUT2D eigenvalue weighted by atomic mass is 10.1. The molecule has 0 bridgehead atoms. The zero-order chi connectivity index (χ0) is 16.0. The molecule has 124 valence electrons. The van der Waals surface area contributed by atoms with E-state index in [-0.39, 0.29) is 6.10 Å². The summed E-state index contributed by atoms with van der Waals surface area (Å²) in [5, 5.41) is 7.95. The standard InChI is InChI=1S/C16H24N6O/c1-3-4-9(2)23-16-20-14(17)15-19-6-10(22(15)21-16)5-11-12-7-18-8-13(11)12/h6,9,11-13,18H,3-5,7-8H2,1-2H3,(H2,17,20,21)/t9-,11-,12-,13+/m0/s1. The average molecular weight is 316 g/mol. The lowest BCUT2D eigenvalue weighted by Crippen LogP contribution is -2.17. The summed E-state index contributed by atoms with van der Waals surface area (Å²) >= 11 is 0. The van der Waals surface area contributed by atoms with Gasteiger partial charge in [-0.2, -0.15) is 4.98 Å². The number of nitrogens with two attached hydrogens (primary N) is 1. The first-order chi connectivity index (χ1) is 11.2. The van der Waals surface area contributed by atoms with Gasteiger partial charge in [0, 0.05) is 0 Å². The molecule has 3 heterocycles. The van der Waals surface area contributed by atoms with E-state index in [4.69, 9.17) is 10.5 Å². The van der Waals surface area contributed by atoms with E-state index in [9.17, 15) is 0 Å². The Hall–Kier alpha value is -1.89. The molecule has 1 saturated heterocycles. The Morgan fingerprint density at radius 2 is 2.22 bits per heavy atom. The van der Waals surface area contributed by atoms with E-state index in [2.05, 4.69) is 27.3 Å². The monoisotopic (exact) mass is 316 g/mol. The lowest BCUT2D eigenvalue weighted by Gasteiger charge is -2.12. The van der Waals surface area contributed by atoms with E-state index >= 15 is 0 Å². The number of hydrogen-bond donors (Lipinski definition) is 2. The number of nitrogens with one attached hydrogen (secondary N) is 1. The van der Waals surface area contributed by atoms with E-state index < -0.39 is 0 Å². The maximum Gasteiger partial charge on any atom is 0.336 e. The second-order valence-electron chi connectivity index (χ2n) is 6.84. The molecule has 1 aliphatic heterocycles. The third-order valence-electron chi connectivity index (χ3n) is 5.15. The largest absolute Gasteiger partial charge is 0.459 e. The number of nitrogens with zero attached hydrogens (tertiary/aromatic N) is 4. The summed E-state index contributed by atoms with van der Waals surface area (Å²) in [6.07, 6.45) is 4.99. The van der Waals surface area contributed by atoms with Gasteiger partial charge in [0.15, 0.2) is 11.5 Å². The number of piperidine rings is 1. The summed E-state index contributed by atoms with van der Waals surface area (Å²) in [5.41, 5.74) is 7.76. The summed E-state index contributed by atoms with van der Waals surface area (Å²) in [6.45, 7) is 6.45. The maximum atomic E-state index is 6.03. The quantitative estimate of drug-likeness (QED) is 0.834. The minimum Gasteiger partial charge on any atom is -0.459 e. The first-order valence-corrected chi connectivity index (χ1v) is 8.55. The van der Waals surface area contributed by atoms with E-state index in [0.29, 0.717) is 17.5 Å². The second-order valence-corrected chi connectivity index (χ2v) is 6.84. The number of rotatable bonds is 6. The predicted octanol–water partition coefficient (Wildman–Crippen LogP) is 1.28. The van der Waals surface area contributed by atoms with Crippen LogP contribution in [0.1, 0.15) is 32.4 Å². The molecule has 23 heavy (non-hydrogen) atoms. The Bertz CT molecular complexity index is 704. The van der Waals surface area contributed by atoms with E-state index in [1.807, 2.05) is 17.6 Å². The normalized spacial score (nSPS) is 27.1. The molecule has 7 heteroatoms. The average Bonchev–Trinajstić information content (AvgIpc) is 2.89. The number of ether oxygens (including phenoxy) is 1. The fourth-order valence-electron chi connectivity index (χ4n) is 3.85. The Labute approximate surface area is 135 Å². The van der Waals surface area contributed by atoms with Gasteiger partial charge in [0.2, 0.25) is 0 Å². The van der Waals surface area contributed by atoms with Gasteiger partial charge in [-0.1, -0.05) is 13.3 Å². The number of fused-ring (bicyclic) bond motifs is 2. The van der Waals surface area contributed by atoms with Crippen molar-refractivity contribution in [1.29, 1.82) is 0 Å². The van der Waals surface area contributed by atoms with Crippen LogP contribution in [-0.4, -0.2) is 38.8 Å². The fraction of sp³-hybridized carbons (Fsp3) is 0.688. The summed E-state index contributed by atoms with van der Waals surface area (Å²) in [7, 11) is 0. The summed E-state index contributed by atoms with van der Waals surface area (Å²) in [4.78, 5) is 8.63. The molecule has 2 aliphatic rings. The van der Waals surface area contributed by atoms with Crippen molar-refractivity contribution in [3.8, 4) is 6.01 Å². The van der Waals surface area contributed by atoms with Crippen LogP contribution >= 0.6 is 0 Å². The van der Waals surface area contributed by atoms with Crippen LogP contribution in [0.2, 0.25) is 0 Å². The molecule has 0 unspecified atom stereocenters. The number of hydrogen-bond acceptors (Lipinski definition) is 6. The molecule has 4 atom stereocenters. The first kappa shape index (κ1) is 14.7. The molecule has 0 spiro atoms. The molecule has 1 aliphatic carbocycles. The third kappa shape index (κ3) is 2.63. The fourth-order valence-corrected chi connectivity index (χ4v) is 3.85. The third-order valence-corrected chi connectivity index (χ3v) is 5.15. The highest BCUT2D eigenvalue weighted by atomic mass is 16.5. The summed E-state index contributed by atoms with van der Waals surface area (Å²) in [5.74, 6) is 2.76. The van der Waals surface area contributed by atoms with Gasteiger partial charge < -0.3 is 15.8 Å². The molecule has 0 aromatic carbocycles. The lowest BCUT2D eigenvalue weighted by molar-refractivity contribution is 0.189. The van der Waals surface area contributed by atoms with Crippen molar-refractivity contribution in [2.75, 3.05) is 18.8 Å². The van der Waals surface area contributed by atoms with Crippen LogP contribution in [0.3, 0.4) is 0 Å². The highest BCUT2D eigenvalue weighted by molar-refractivity contribution is 5.59. The molecule has 0 amide bonds. The Morgan fingerprint density at radius 1 is 1.43 bits per heavy atom. The minimum absolute atomic E-state index is 0.0812. The minimum atomic E-state index is 0.0812. The molecule has 4 rings (SSSR count). The molecule has 0 radical (unpaired) electrons. The zero-order valence-corrected chi connectivity index (χ0v) is 13.7. The Balaban J connectivity index is 1.57. The predicted molar refractivity (Wildman–Crippen MR) is 87.2 cm³/mol. The van der Waals surface area contributed by atoms with Crippen molar-refractivity contribution in [1.82, 2.24) is 24.9 Å². The van der Waals surface area contributed by atoms with Crippen LogP contribution in [0.4, 0.5) is 5.82 Å². The summed E-state index contributed by atoms with van der Waals surface area (Å²) in [6, 6.07) is 0.341. The van der Waals surface area contributed by atoms with Crippen LogP contribution in [0.15, 0.2) is 6.20 Å². The highest BCUT2D eigenvalue weighted by Crippen LogP contribution is 2.50. The number of nitrogen functional groups attached to an aromatic ring is 1. The van der Waals surface area contributed by atoms with Crippen molar-refractivity contribution in [2.45, 2.75) is 39.2 Å². The Morgan fingerprint density at radius 3 is 2.96 bits per heavy atom. The topological polar surface area (TPSA) is 90.4 Å². The number of anilines is 1. The molecule has 2 aromatic rings. The van der Waals surface area contributed by atoms with Crippen LogP contribution in [0.25, 0.3) is 5.65 Å². The van der Waals surface area contributed by atoms with Gasteiger partial charge >= 0.3 is 6.01 Å². The van der Waals surface area contributed by atoms with Crippen molar-refractivity contribution in [3.63, 3.8) is 0 Å². The van der Waals surface area contributed by atoms with Crippen molar-refractivity contribution < 1.29 is 4.74 Å². The van der Waals surface area contributed by atoms with Gasteiger partial charge in [0.05, 0.1) is 18.0 Å². The second kappa shape index (κ2) is 5.63. The van der Waals surface area contributed by atoms with Crippen LogP contribution in [0, 0.1) is 17.8 Å². The molecule has 2 fully saturated rings. The summed E-state index contributed by atoms with van der Waals surface area (Å²) < 4.78 is 7.62. The SMILES string of the molecule is CCC[C@H](C)Oc1nc(N)c2ncc(C[C@H]3[C@@H]4CNC[C@@H]43)n2n1. The van der Waals surface area contributed by atoms with Gasteiger partial charge in [-0.15, -0.1) is 5.10 Å². The molecular formula is C16H24N6O. The molecule has 7 nitrogen and oxygen atoms in total. The van der Waals surface area contributed by atoms with Crippen LogP contribution in [-0.2, 0) is 6.42 Å². The van der Waals surface area contributed by atoms with Gasteiger partial charge in [-0.25, -0.2) is 9.50 Å². The van der Waals surface area contributed by atoms with Gasteiger partial charge in [0.1, 0.15) is 0 Å².